The Hall–Kier alpha value is -1.28. The van der Waals surface area contributed by atoms with E-state index in [9.17, 15) is 19.4 Å². The highest BCUT2D eigenvalue weighted by Crippen LogP contribution is 2.43. The average molecular weight is 629 g/mol. The van der Waals surface area contributed by atoms with Gasteiger partial charge in [0.25, 0.3) is 0 Å². The Kier molecular flexibility index (Phi) is 29.8. The summed E-state index contributed by atoms with van der Waals surface area (Å²) in [6, 6.07) is -0.863. The van der Waals surface area contributed by atoms with Crippen molar-refractivity contribution in [2.24, 2.45) is 5.73 Å². The molecule has 0 heterocycles. The molecule has 0 fully saturated rings. The van der Waals surface area contributed by atoms with Crippen molar-refractivity contribution in [1.82, 2.24) is 5.32 Å². The molecule has 0 aliphatic heterocycles. The lowest BCUT2D eigenvalue weighted by Crippen LogP contribution is -2.45. The Morgan fingerprint density at radius 3 is 1.88 bits per heavy atom. The molecule has 3 unspecified atom stereocenters. The van der Waals surface area contributed by atoms with Gasteiger partial charge in [0.15, 0.2) is 0 Å². The number of carbonyl (C=O) groups is 1. The summed E-state index contributed by atoms with van der Waals surface area (Å²) in [5.74, 6) is -0.213. The first-order valence-electron chi connectivity index (χ1n) is 17.1. The molecule has 3 atom stereocenters. The highest BCUT2D eigenvalue weighted by molar-refractivity contribution is 7.47. The van der Waals surface area contributed by atoms with Gasteiger partial charge in [0.05, 0.1) is 25.4 Å². The van der Waals surface area contributed by atoms with Crippen molar-refractivity contribution in [2.75, 3.05) is 19.8 Å². The van der Waals surface area contributed by atoms with Crippen LogP contribution in [-0.4, -0.2) is 47.8 Å². The first-order chi connectivity index (χ1) is 20.9. The Labute approximate surface area is 263 Å². The summed E-state index contributed by atoms with van der Waals surface area (Å²) in [6.45, 7) is 4.03. The molecule has 0 bridgehead atoms. The number of nitrogens with one attached hydrogen (secondary N) is 1. The van der Waals surface area contributed by atoms with E-state index >= 15 is 0 Å². The molecule has 0 aliphatic carbocycles. The number of hydrogen-bond donors (Lipinski definition) is 4. The molecular formula is C34H65N2O6P. The number of allylic oxidation sites excluding steroid dienone is 5. The topological polar surface area (TPSA) is 131 Å². The van der Waals surface area contributed by atoms with Gasteiger partial charge in [-0.2, -0.15) is 0 Å². The van der Waals surface area contributed by atoms with E-state index < -0.39 is 20.0 Å². The summed E-state index contributed by atoms with van der Waals surface area (Å²) in [7, 11) is -4.33. The normalized spacial score (nSPS) is 15.0. The summed E-state index contributed by atoms with van der Waals surface area (Å²) in [6.07, 6.45) is 33.3. The molecule has 0 aromatic carbocycles. The summed E-state index contributed by atoms with van der Waals surface area (Å²) in [5, 5.41) is 13.5. The van der Waals surface area contributed by atoms with E-state index in [4.69, 9.17) is 14.8 Å². The van der Waals surface area contributed by atoms with Crippen molar-refractivity contribution in [1.29, 1.82) is 0 Å². The van der Waals surface area contributed by atoms with E-state index in [2.05, 4.69) is 43.5 Å². The number of carbonyl (C=O) groups excluding carboxylic acids is 1. The molecule has 0 aromatic rings. The molecule has 0 radical (unpaired) electrons. The number of unbranched alkanes of at least 4 members (excludes halogenated alkanes) is 15. The van der Waals surface area contributed by atoms with Crippen LogP contribution in [0, 0.1) is 0 Å². The Bertz CT molecular complexity index is 774. The smallest absolute Gasteiger partial charge is 0.387 e. The molecule has 0 rings (SSSR count). The first kappa shape index (κ1) is 41.7. The minimum Gasteiger partial charge on any atom is -0.387 e. The highest BCUT2D eigenvalue weighted by atomic mass is 31.2. The zero-order chi connectivity index (χ0) is 31.9. The fraction of sp³-hybridized carbons (Fsp3) is 0.794. The maximum Gasteiger partial charge on any atom is 0.472 e. The molecule has 0 spiro atoms. The summed E-state index contributed by atoms with van der Waals surface area (Å²) < 4.78 is 21.9. The van der Waals surface area contributed by atoms with E-state index in [-0.39, 0.29) is 25.7 Å². The number of aliphatic hydroxyl groups excluding tert-OH is 1. The third-order valence-corrected chi connectivity index (χ3v) is 8.19. The SMILES string of the molecule is CCCCC/C=C\C/C=C\CCCCCCCC(=O)NC(COP(=O)(O)OCCN)C(O)/C=C/CCCCCCCCC. The molecular weight excluding hydrogens is 563 g/mol. The van der Waals surface area contributed by atoms with Gasteiger partial charge in [-0.1, -0.05) is 121 Å². The van der Waals surface area contributed by atoms with Crippen LogP contribution in [0.25, 0.3) is 0 Å². The summed E-state index contributed by atoms with van der Waals surface area (Å²) >= 11 is 0. The van der Waals surface area contributed by atoms with Crippen molar-refractivity contribution < 1.29 is 28.4 Å². The number of hydrogen-bond acceptors (Lipinski definition) is 6. The average Bonchev–Trinajstić information content (AvgIpc) is 2.99. The molecule has 252 valence electrons. The lowest BCUT2D eigenvalue weighted by Gasteiger charge is -2.23. The third-order valence-electron chi connectivity index (χ3n) is 7.21. The molecule has 43 heavy (non-hydrogen) atoms. The van der Waals surface area contributed by atoms with Gasteiger partial charge >= 0.3 is 7.82 Å². The monoisotopic (exact) mass is 628 g/mol. The van der Waals surface area contributed by atoms with Gasteiger partial charge in [-0.05, 0) is 51.4 Å². The molecule has 1 amide bonds. The molecule has 0 aliphatic rings. The van der Waals surface area contributed by atoms with Crippen LogP contribution in [0.5, 0.6) is 0 Å². The number of nitrogens with two attached hydrogens (primary N) is 1. The van der Waals surface area contributed by atoms with E-state index in [1.165, 1.54) is 57.8 Å². The Morgan fingerprint density at radius 1 is 0.767 bits per heavy atom. The zero-order valence-electron chi connectivity index (χ0n) is 27.4. The van der Waals surface area contributed by atoms with Gasteiger partial charge in [-0.15, -0.1) is 0 Å². The van der Waals surface area contributed by atoms with Crippen molar-refractivity contribution in [3.63, 3.8) is 0 Å². The second-order valence-corrected chi connectivity index (χ2v) is 12.8. The molecule has 0 saturated heterocycles. The number of amides is 1. The Balaban J connectivity index is 4.38. The predicted molar refractivity (Wildman–Crippen MR) is 180 cm³/mol. The van der Waals surface area contributed by atoms with Crippen LogP contribution in [0.3, 0.4) is 0 Å². The number of aliphatic hydroxyl groups is 1. The third kappa shape index (κ3) is 29.2. The Morgan fingerprint density at radius 2 is 1.28 bits per heavy atom. The van der Waals surface area contributed by atoms with Gasteiger partial charge in [-0.3, -0.25) is 13.8 Å². The van der Waals surface area contributed by atoms with Gasteiger partial charge in [-0.25, -0.2) is 4.57 Å². The predicted octanol–water partition coefficient (Wildman–Crippen LogP) is 8.43. The van der Waals surface area contributed by atoms with E-state index in [1.807, 2.05) is 6.08 Å². The van der Waals surface area contributed by atoms with Crippen molar-refractivity contribution >= 4 is 13.7 Å². The number of phosphoric ester groups is 1. The molecule has 0 saturated carbocycles. The van der Waals surface area contributed by atoms with Gasteiger partial charge < -0.3 is 21.1 Å². The van der Waals surface area contributed by atoms with E-state index in [0.717, 1.165) is 64.2 Å². The van der Waals surface area contributed by atoms with Crippen LogP contribution in [0.15, 0.2) is 36.5 Å². The highest BCUT2D eigenvalue weighted by Gasteiger charge is 2.26. The minimum absolute atomic E-state index is 0.0750. The molecule has 9 heteroatoms. The maximum absolute atomic E-state index is 12.6. The van der Waals surface area contributed by atoms with Crippen LogP contribution in [0.2, 0.25) is 0 Å². The maximum atomic E-state index is 12.6. The molecule has 0 aromatic heterocycles. The summed E-state index contributed by atoms with van der Waals surface area (Å²) in [5.41, 5.74) is 5.33. The second-order valence-electron chi connectivity index (χ2n) is 11.4. The van der Waals surface area contributed by atoms with Crippen molar-refractivity contribution in [2.45, 2.75) is 154 Å². The lowest BCUT2D eigenvalue weighted by molar-refractivity contribution is -0.123. The van der Waals surface area contributed by atoms with Crippen molar-refractivity contribution in [3.8, 4) is 0 Å². The van der Waals surface area contributed by atoms with E-state index in [1.54, 1.807) is 6.08 Å². The standard InChI is InChI=1S/C34H65N2O6P/c1-3-5-7-9-11-13-14-15-16-17-18-20-22-24-26-28-34(38)36-32(31-42-43(39,40)41-30-29-35)33(37)27-25-23-21-19-12-10-8-6-4-2/h11,13,15-16,25,27,32-33,37H,3-10,12,14,17-24,26,28-31,35H2,1-2H3,(H,36,38)(H,39,40)/b13-11-,16-15-,27-25+. The van der Waals surface area contributed by atoms with E-state index in [0.29, 0.717) is 6.42 Å². The second kappa shape index (κ2) is 30.7. The van der Waals surface area contributed by atoms with Crippen LogP contribution in [0.4, 0.5) is 0 Å². The molecule has 5 N–H and O–H groups in total. The lowest BCUT2D eigenvalue weighted by atomic mass is 10.1. The minimum atomic E-state index is -4.33. The number of rotatable bonds is 31. The number of phosphoric acid groups is 1. The van der Waals surface area contributed by atoms with Crippen molar-refractivity contribution in [3.05, 3.63) is 36.5 Å². The first-order valence-corrected chi connectivity index (χ1v) is 18.6. The van der Waals surface area contributed by atoms with Crippen LogP contribution >= 0.6 is 7.82 Å². The van der Waals surface area contributed by atoms with Crippen LogP contribution in [0.1, 0.15) is 142 Å². The fourth-order valence-electron chi connectivity index (χ4n) is 4.57. The van der Waals surface area contributed by atoms with Crippen LogP contribution in [-0.2, 0) is 18.4 Å². The molecule has 8 nitrogen and oxygen atoms in total. The largest absolute Gasteiger partial charge is 0.472 e. The van der Waals surface area contributed by atoms with Gasteiger partial charge in [0, 0.05) is 13.0 Å². The quantitative estimate of drug-likeness (QED) is 0.0344. The van der Waals surface area contributed by atoms with Crippen LogP contribution < -0.4 is 11.1 Å². The van der Waals surface area contributed by atoms with Gasteiger partial charge in [0.1, 0.15) is 0 Å². The van der Waals surface area contributed by atoms with Gasteiger partial charge in [0.2, 0.25) is 5.91 Å². The fourth-order valence-corrected chi connectivity index (χ4v) is 5.33. The summed E-state index contributed by atoms with van der Waals surface area (Å²) in [4.78, 5) is 22.5. The zero-order valence-corrected chi connectivity index (χ0v) is 28.3.